The number of nitrogens with one attached hydrogen (secondary N) is 1. The lowest BCUT2D eigenvalue weighted by Crippen LogP contribution is -2.31. The van der Waals surface area contributed by atoms with Crippen molar-refractivity contribution in [3.8, 4) is 5.75 Å². The maximum absolute atomic E-state index is 5.71. The number of imidazole rings is 1. The van der Waals surface area contributed by atoms with Gasteiger partial charge in [-0.1, -0.05) is 26.8 Å². The van der Waals surface area contributed by atoms with E-state index in [9.17, 15) is 0 Å². The summed E-state index contributed by atoms with van der Waals surface area (Å²) >= 11 is 5.59. The van der Waals surface area contributed by atoms with E-state index in [0.29, 0.717) is 6.61 Å². The smallest absolute Gasteiger partial charge is 0.178 e. The van der Waals surface area contributed by atoms with E-state index in [1.807, 2.05) is 19.1 Å². The Kier molecular flexibility index (Phi) is 4.20. The van der Waals surface area contributed by atoms with Gasteiger partial charge in [-0.2, -0.15) is 0 Å². The van der Waals surface area contributed by atoms with Gasteiger partial charge in [-0.15, -0.1) is 0 Å². The predicted octanol–water partition coefficient (Wildman–Crippen LogP) is 5.27. The molecule has 0 amide bonds. The minimum absolute atomic E-state index is 0.0571. The van der Waals surface area contributed by atoms with Crippen LogP contribution in [0.2, 0.25) is 0 Å². The molecule has 0 saturated carbocycles. The molecule has 2 aromatic rings. The number of hydrogen-bond acceptors (Lipinski definition) is 2. The molecule has 21 heavy (non-hydrogen) atoms. The van der Waals surface area contributed by atoms with Crippen LogP contribution in [0.5, 0.6) is 5.75 Å². The van der Waals surface area contributed by atoms with E-state index in [2.05, 4.69) is 50.2 Å². The van der Waals surface area contributed by atoms with Crippen LogP contribution in [0.4, 0.5) is 0 Å². The number of aromatic nitrogens is 2. The van der Waals surface area contributed by atoms with Gasteiger partial charge in [-0.05, 0) is 57.0 Å². The van der Waals surface area contributed by atoms with Gasteiger partial charge in [-0.3, -0.25) is 0 Å². The van der Waals surface area contributed by atoms with Gasteiger partial charge in [-0.25, -0.2) is 0 Å². The summed E-state index contributed by atoms with van der Waals surface area (Å²) < 4.78 is 8.69. The van der Waals surface area contributed by atoms with Crippen LogP contribution in [0, 0.1) is 10.2 Å². The lowest BCUT2D eigenvalue weighted by atomic mass is 9.81. The lowest BCUT2D eigenvalue weighted by molar-refractivity contribution is 0.217. The van der Waals surface area contributed by atoms with Crippen molar-refractivity contribution >= 4 is 23.3 Å². The van der Waals surface area contributed by atoms with Crippen LogP contribution in [0.25, 0.3) is 11.0 Å². The molecule has 0 saturated heterocycles. The number of H-pyrrole nitrogens is 1. The van der Waals surface area contributed by atoms with Crippen molar-refractivity contribution in [1.82, 2.24) is 9.55 Å². The molecule has 0 unspecified atom stereocenters. The zero-order valence-corrected chi connectivity index (χ0v) is 14.7. The van der Waals surface area contributed by atoms with Crippen molar-refractivity contribution in [3.63, 3.8) is 0 Å². The second-order valence-corrected chi connectivity index (χ2v) is 7.79. The molecule has 0 fully saturated rings. The maximum atomic E-state index is 5.71. The van der Waals surface area contributed by atoms with Crippen molar-refractivity contribution < 1.29 is 4.74 Å². The third kappa shape index (κ3) is 3.31. The van der Waals surface area contributed by atoms with Crippen molar-refractivity contribution in [3.05, 3.63) is 23.0 Å². The Morgan fingerprint density at radius 1 is 1.19 bits per heavy atom. The highest BCUT2D eigenvalue weighted by molar-refractivity contribution is 7.71. The first kappa shape index (κ1) is 16.1. The first-order valence-electron chi connectivity index (χ1n) is 7.53. The largest absolute Gasteiger partial charge is 0.492 e. The summed E-state index contributed by atoms with van der Waals surface area (Å²) in [6.07, 6.45) is 1.04. The molecule has 4 heteroatoms. The lowest BCUT2D eigenvalue weighted by Gasteiger charge is -2.34. The number of ether oxygens (including phenoxy) is 1. The second-order valence-electron chi connectivity index (χ2n) is 7.40. The topological polar surface area (TPSA) is 29.9 Å². The number of hydrogen-bond donors (Lipinski definition) is 1. The van der Waals surface area contributed by atoms with Crippen LogP contribution in [-0.2, 0) is 5.54 Å². The third-order valence-corrected chi connectivity index (χ3v) is 3.83. The van der Waals surface area contributed by atoms with E-state index >= 15 is 0 Å². The fourth-order valence-corrected chi connectivity index (χ4v) is 3.80. The number of para-hydroxylation sites is 1. The fraction of sp³-hybridized carbons (Fsp3) is 0.588. The number of benzene rings is 1. The van der Waals surface area contributed by atoms with Gasteiger partial charge in [0.25, 0.3) is 0 Å². The van der Waals surface area contributed by atoms with E-state index in [1.54, 1.807) is 0 Å². The average Bonchev–Trinajstić information content (AvgIpc) is 2.64. The van der Waals surface area contributed by atoms with E-state index in [0.717, 1.165) is 28.0 Å². The Morgan fingerprint density at radius 2 is 1.86 bits per heavy atom. The van der Waals surface area contributed by atoms with Crippen LogP contribution < -0.4 is 4.74 Å². The number of aromatic amines is 1. The van der Waals surface area contributed by atoms with Crippen molar-refractivity contribution in [2.75, 3.05) is 6.61 Å². The fourth-order valence-electron chi connectivity index (χ4n) is 3.36. The minimum atomic E-state index is -0.0571. The Labute approximate surface area is 132 Å². The summed E-state index contributed by atoms with van der Waals surface area (Å²) in [5, 5.41) is 0. The molecule has 3 nitrogen and oxygen atoms in total. The van der Waals surface area contributed by atoms with E-state index in [1.165, 1.54) is 0 Å². The van der Waals surface area contributed by atoms with Gasteiger partial charge in [0.05, 0.1) is 12.1 Å². The summed E-state index contributed by atoms with van der Waals surface area (Å²) in [4.78, 5) is 3.33. The van der Waals surface area contributed by atoms with Crippen LogP contribution in [0.1, 0.15) is 48.0 Å². The maximum Gasteiger partial charge on any atom is 0.178 e. The molecule has 1 aromatic heterocycles. The second kappa shape index (κ2) is 5.48. The van der Waals surface area contributed by atoms with Crippen LogP contribution in [0.15, 0.2) is 18.2 Å². The molecule has 1 N–H and O–H groups in total. The first-order chi connectivity index (χ1) is 9.65. The molecule has 0 aliphatic rings. The molecule has 0 bridgehead atoms. The summed E-state index contributed by atoms with van der Waals surface area (Å²) in [6, 6.07) is 6.12. The Morgan fingerprint density at radius 3 is 2.43 bits per heavy atom. The number of nitrogens with zero attached hydrogens (tertiary/aromatic N) is 1. The summed E-state index contributed by atoms with van der Waals surface area (Å²) in [6.45, 7) is 13.9. The van der Waals surface area contributed by atoms with Crippen molar-refractivity contribution in [1.29, 1.82) is 0 Å². The number of fused-ring (bicyclic) bond motifs is 1. The van der Waals surface area contributed by atoms with Crippen molar-refractivity contribution in [2.24, 2.45) is 5.41 Å². The minimum Gasteiger partial charge on any atom is -0.492 e. The Bertz CT molecular complexity index is 689. The van der Waals surface area contributed by atoms with Gasteiger partial charge in [0, 0.05) is 5.54 Å². The third-order valence-electron chi connectivity index (χ3n) is 3.55. The molecule has 0 spiro atoms. The molecule has 0 aliphatic heterocycles. The molecular weight excluding hydrogens is 280 g/mol. The summed E-state index contributed by atoms with van der Waals surface area (Å²) in [7, 11) is 0. The van der Waals surface area contributed by atoms with Crippen LogP contribution in [0.3, 0.4) is 0 Å². The van der Waals surface area contributed by atoms with Crippen LogP contribution >= 0.6 is 12.2 Å². The quantitative estimate of drug-likeness (QED) is 0.780. The standard InChI is InChI=1S/C17H26N2OS/c1-7-20-13-10-8-9-12-14(13)18-15(21)19(12)17(5,6)11-16(2,3)4/h8-10H,7,11H2,1-6H3,(H,18,21). The number of rotatable bonds is 4. The molecule has 1 aromatic carbocycles. The molecule has 0 atom stereocenters. The molecule has 1 heterocycles. The highest BCUT2D eigenvalue weighted by atomic mass is 32.1. The predicted molar refractivity (Wildman–Crippen MR) is 91.7 cm³/mol. The zero-order valence-electron chi connectivity index (χ0n) is 13.9. The normalized spacial score (nSPS) is 12.9. The highest BCUT2D eigenvalue weighted by Crippen LogP contribution is 2.36. The van der Waals surface area contributed by atoms with Crippen molar-refractivity contribution in [2.45, 2.75) is 53.5 Å². The van der Waals surface area contributed by atoms with E-state index < -0.39 is 0 Å². The van der Waals surface area contributed by atoms with Gasteiger partial charge in [0.2, 0.25) is 0 Å². The van der Waals surface area contributed by atoms with Gasteiger partial charge in [0.15, 0.2) is 4.77 Å². The average molecular weight is 306 g/mol. The van der Waals surface area contributed by atoms with Crippen LogP contribution in [-0.4, -0.2) is 16.2 Å². The van der Waals surface area contributed by atoms with E-state index in [4.69, 9.17) is 17.0 Å². The summed E-state index contributed by atoms with van der Waals surface area (Å²) in [5.74, 6) is 0.867. The van der Waals surface area contributed by atoms with Gasteiger partial charge >= 0.3 is 0 Å². The van der Waals surface area contributed by atoms with Gasteiger partial charge < -0.3 is 14.3 Å². The van der Waals surface area contributed by atoms with E-state index in [-0.39, 0.29) is 11.0 Å². The Balaban J connectivity index is 2.62. The first-order valence-corrected chi connectivity index (χ1v) is 7.93. The molecule has 0 aliphatic carbocycles. The molecule has 116 valence electrons. The molecule has 0 radical (unpaired) electrons. The SMILES string of the molecule is CCOc1cccc2c1[nH]c(=S)n2C(C)(C)CC(C)(C)C. The monoisotopic (exact) mass is 306 g/mol. The zero-order chi connectivity index (χ0) is 15.8. The Hall–Kier alpha value is -1.29. The van der Waals surface area contributed by atoms with Gasteiger partial charge in [0.1, 0.15) is 11.3 Å². The highest BCUT2D eigenvalue weighted by Gasteiger charge is 2.29. The molecular formula is C17H26N2OS. The molecule has 2 rings (SSSR count). The summed E-state index contributed by atoms with van der Waals surface area (Å²) in [5.41, 5.74) is 2.28.